The van der Waals surface area contributed by atoms with Gasteiger partial charge in [0.2, 0.25) is 0 Å². The summed E-state index contributed by atoms with van der Waals surface area (Å²) in [6, 6.07) is 10.5. The first-order chi connectivity index (χ1) is 7.42. The monoisotopic (exact) mass is 200 g/mol. The van der Waals surface area contributed by atoms with Crippen LogP contribution in [-0.2, 0) is 4.79 Å². The number of carbonyl (C=O) groups excluding carboxylic acids is 1. The summed E-state index contributed by atoms with van der Waals surface area (Å²) in [5, 5.41) is 0. The second-order valence-corrected chi connectivity index (χ2v) is 4.09. The zero-order valence-electron chi connectivity index (χ0n) is 8.86. The Morgan fingerprint density at radius 2 is 1.93 bits per heavy atom. The predicted molar refractivity (Wildman–Crippen MR) is 61.8 cm³/mol. The van der Waals surface area contributed by atoms with Crippen LogP contribution >= 0.6 is 0 Å². The quantitative estimate of drug-likeness (QED) is 0.527. The molecule has 2 rings (SSSR count). The van der Waals surface area contributed by atoms with E-state index in [1.165, 1.54) is 30.4 Å². The topological polar surface area (TPSA) is 17.1 Å². The third-order valence-corrected chi connectivity index (χ3v) is 3.14. The van der Waals surface area contributed by atoms with Crippen LogP contribution in [0.25, 0.3) is 0 Å². The van der Waals surface area contributed by atoms with Gasteiger partial charge in [-0.3, -0.25) is 4.79 Å². The van der Waals surface area contributed by atoms with Gasteiger partial charge in [-0.25, -0.2) is 0 Å². The molecule has 0 spiro atoms. The standard InChI is InChI=1S/C14H16O/c15-11-10-13-8-4-5-9-14(13)12-6-2-1-3-7-12/h1-3,6-7,10-11,14H,4-5,8-9H2/b13-10+. The second kappa shape index (κ2) is 4.92. The first-order valence-electron chi connectivity index (χ1n) is 5.61. The molecule has 1 aromatic rings. The number of benzene rings is 1. The number of hydrogen-bond acceptors (Lipinski definition) is 1. The van der Waals surface area contributed by atoms with Crippen molar-refractivity contribution in [1.82, 2.24) is 0 Å². The Labute approximate surface area is 90.8 Å². The first kappa shape index (κ1) is 10.2. The lowest BCUT2D eigenvalue weighted by Crippen LogP contribution is -2.08. The molecule has 15 heavy (non-hydrogen) atoms. The summed E-state index contributed by atoms with van der Waals surface area (Å²) in [5.41, 5.74) is 2.66. The van der Waals surface area contributed by atoms with Gasteiger partial charge in [-0.05, 0) is 30.9 Å². The molecular formula is C14H16O. The summed E-state index contributed by atoms with van der Waals surface area (Å²) < 4.78 is 0. The minimum atomic E-state index is 0.477. The molecule has 0 heterocycles. The maximum atomic E-state index is 10.6. The molecule has 0 bridgehead atoms. The minimum absolute atomic E-state index is 0.477. The third-order valence-electron chi connectivity index (χ3n) is 3.14. The molecule has 0 radical (unpaired) electrons. The lowest BCUT2D eigenvalue weighted by Gasteiger charge is -2.25. The van der Waals surface area contributed by atoms with Gasteiger partial charge >= 0.3 is 0 Å². The zero-order chi connectivity index (χ0) is 10.5. The molecule has 0 saturated heterocycles. The Morgan fingerprint density at radius 3 is 2.67 bits per heavy atom. The van der Waals surface area contributed by atoms with E-state index in [-0.39, 0.29) is 0 Å². The van der Waals surface area contributed by atoms with Crippen LogP contribution in [0.5, 0.6) is 0 Å². The van der Waals surface area contributed by atoms with E-state index in [1.807, 2.05) is 6.07 Å². The largest absolute Gasteiger partial charge is 0.299 e. The first-order valence-corrected chi connectivity index (χ1v) is 5.61. The number of allylic oxidation sites excluding steroid dienone is 2. The summed E-state index contributed by atoms with van der Waals surface area (Å²) in [5.74, 6) is 0.477. The fourth-order valence-electron chi connectivity index (χ4n) is 2.39. The van der Waals surface area contributed by atoms with E-state index in [1.54, 1.807) is 6.08 Å². The lowest BCUT2D eigenvalue weighted by molar-refractivity contribution is -0.104. The molecule has 0 aliphatic heterocycles. The number of hydrogen-bond donors (Lipinski definition) is 0. The van der Waals surface area contributed by atoms with Gasteiger partial charge in [-0.15, -0.1) is 0 Å². The van der Waals surface area contributed by atoms with E-state index in [4.69, 9.17) is 0 Å². The summed E-state index contributed by atoms with van der Waals surface area (Å²) in [6.07, 6.45) is 7.45. The van der Waals surface area contributed by atoms with Crippen molar-refractivity contribution >= 4 is 6.29 Å². The molecule has 0 aromatic heterocycles. The summed E-state index contributed by atoms with van der Waals surface area (Å²) in [4.78, 5) is 10.6. The van der Waals surface area contributed by atoms with Crippen molar-refractivity contribution in [2.75, 3.05) is 0 Å². The smallest absolute Gasteiger partial charge is 0.142 e. The number of rotatable bonds is 2. The van der Waals surface area contributed by atoms with Crippen LogP contribution in [0.4, 0.5) is 0 Å². The average molecular weight is 200 g/mol. The van der Waals surface area contributed by atoms with E-state index < -0.39 is 0 Å². The summed E-state index contributed by atoms with van der Waals surface area (Å²) in [6.45, 7) is 0. The molecule has 1 saturated carbocycles. The Hall–Kier alpha value is -1.37. The summed E-state index contributed by atoms with van der Waals surface area (Å²) >= 11 is 0. The highest BCUT2D eigenvalue weighted by molar-refractivity contribution is 5.67. The van der Waals surface area contributed by atoms with Crippen molar-refractivity contribution in [3.63, 3.8) is 0 Å². The van der Waals surface area contributed by atoms with Crippen molar-refractivity contribution < 1.29 is 4.79 Å². The molecule has 1 aliphatic rings. The molecular weight excluding hydrogens is 184 g/mol. The predicted octanol–water partition coefficient (Wildman–Crippen LogP) is 3.47. The van der Waals surface area contributed by atoms with Crippen molar-refractivity contribution in [2.24, 2.45) is 0 Å². The Morgan fingerprint density at radius 1 is 1.13 bits per heavy atom. The molecule has 1 aromatic carbocycles. The van der Waals surface area contributed by atoms with E-state index in [2.05, 4.69) is 24.3 Å². The SMILES string of the molecule is O=C/C=C1\CCCCC1c1ccccc1. The fraction of sp³-hybridized carbons (Fsp3) is 0.357. The van der Waals surface area contributed by atoms with E-state index in [9.17, 15) is 4.79 Å². The lowest BCUT2D eigenvalue weighted by atomic mass is 9.80. The van der Waals surface area contributed by atoms with Crippen molar-refractivity contribution in [3.05, 3.63) is 47.5 Å². The Bertz CT molecular complexity index is 351. The van der Waals surface area contributed by atoms with Crippen LogP contribution in [0, 0.1) is 0 Å². The van der Waals surface area contributed by atoms with Crippen LogP contribution in [-0.4, -0.2) is 6.29 Å². The van der Waals surface area contributed by atoms with Gasteiger partial charge in [0.15, 0.2) is 0 Å². The molecule has 1 fully saturated rings. The van der Waals surface area contributed by atoms with Gasteiger partial charge in [0, 0.05) is 5.92 Å². The Kier molecular flexibility index (Phi) is 3.33. The van der Waals surface area contributed by atoms with Gasteiger partial charge in [-0.2, -0.15) is 0 Å². The van der Waals surface area contributed by atoms with Crippen LogP contribution in [0.1, 0.15) is 37.2 Å². The highest BCUT2D eigenvalue weighted by Crippen LogP contribution is 2.36. The molecule has 78 valence electrons. The van der Waals surface area contributed by atoms with Gasteiger partial charge in [-0.1, -0.05) is 42.3 Å². The van der Waals surface area contributed by atoms with E-state index >= 15 is 0 Å². The molecule has 1 nitrogen and oxygen atoms in total. The molecule has 1 heteroatoms. The second-order valence-electron chi connectivity index (χ2n) is 4.09. The van der Waals surface area contributed by atoms with Crippen molar-refractivity contribution in [2.45, 2.75) is 31.6 Å². The third kappa shape index (κ3) is 2.35. The van der Waals surface area contributed by atoms with Crippen LogP contribution in [0.3, 0.4) is 0 Å². The van der Waals surface area contributed by atoms with Gasteiger partial charge in [0.25, 0.3) is 0 Å². The highest BCUT2D eigenvalue weighted by Gasteiger charge is 2.19. The fourth-order valence-corrected chi connectivity index (χ4v) is 2.39. The van der Waals surface area contributed by atoms with Crippen LogP contribution < -0.4 is 0 Å². The van der Waals surface area contributed by atoms with E-state index in [0.29, 0.717) is 5.92 Å². The Balaban J connectivity index is 2.26. The van der Waals surface area contributed by atoms with Crippen molar-refractivity contribution in [1.29, 1.82) is 0 Å². The van der Waals surface area contributed by atoms with Crippen LogP contribution in [0.15, 0.2) is 42.0 Å². The normalized spacial score (nSPS) is 24.0. The molecule has 1 atom stereocenters. The molecule has 1 aliphatic carbocycles. The van der Waals surface area contributed by atoms with Gasteiger partial charge < -0.3 is 0 Å². The maximum Gasteiger partial charge on any atom is 0.142 e. The molecule has 0 N–H and O–H groups in total. The number of carbonyl (C=O) groups is 1. The van der Waals surface area contributed by atoms with Crippen molar-refractivity contribution in [3.8, 4) is 0 Å². The average Bonchev–Trinajstić information content (AvgIpc) is 2.31. The zero-order valence-corrected chi connectivity index (χ0v) is 8.86. The molecule has 0 amide bonds. The molecule has 1 unspecified atom stereocenters. The van der Waals surface area contributed by atoms with Gasteiger partial charge in [0.1, 0.15) is 6.29 Å². The maximum absolute atomic E-state index is 10.6. The summed E-state index contributed by atoms with van der Waals surface area (Å²) in [7, 11) is 0. The van der Waals surface area contributed by atoms with Gasteiger partial charge in [0.05, 0.1) is 0 Å². The minimum Gasteiger partial charge on any atom is -0.299 e. The number of aldehydes is 1. The van der Waals surface area contributed by atoms with E-state index in [0.717, 1.165) is 12.7 Å². The van der Waals surface area contributed by atoms with Crippen LogP contribution in [0.2, 0.25) is 0 Å². The highest BCUT2D eigenvalue weighted by atomic mass is 16.1.